The van der Waals surface area contributed by atoms with Crippen LogP contribution in [0, 0.1) is 6.92 Å². The van der Waals surface area contributed by atoms with Gasteiger partial charge in [0, 0.05) is 19.2 Å². The Hall–Kier alpha value is -2.79. The summed E-state index contributed by atoms with van der Waals surface area (Å²) in [5.74, 6) is -0.228. The van der Waals surface area contributed by atoms with Gasteiger partial charge in [0.1, 0.15) is 16.1 Å². The Morgan fingerprint density at radius 3 is 2.36 bits per heavy atom. The fourth-order valence-corrected chi connectivity index (χ4v) is 3.06. The second kappa shape index (κ2) is 7.32. The van der Waals surface area contributed by atoms with E-state index in [1.54, 1.807) is 0 Å². The molecule has 0 saturated carbocycles. The summed E-state index contributed by atoms with van der Waals surface area (Å²) in [6.07, 6.45) is -4.34. The van der Waals surface area contributed by atoms with Crippen molar-refractivity contribution in [2.45, 2.75) is 13.1 Å². The minimum atomic E-state index is -4.64. The molecule has 0 saturated heterocycles. The molecule has 0 unspecified atom stereocenters. The van der Waals surface area contributed by atoms with Crippen molar-refractivity contribution in [2.75, 3.05) is 10.9 Å². The van der Waals surface area contributed by atoms with Crippen molar-refractivity contribution in [2.24, 2.45) is 7.05 Å². The number of rotatable bonds is 5. The van der Waals surface area contributed by atoms with E-state index in [1.165, 1.54) is 30.8 Å². The van der Waals surface area contributed by atoms with E-state index < -0.39 is 11.7 Å². The number of nitrogens with one attached hydrogen (secondary N) is 2. The number of anilines is 2. The number of pyridine rings is 2. The number of hydrogen-bond acceptors (Lipinski definition) is 6. The summed E-state index contributed by atoms with van der Waals surface area (Å²) in [4.78, 5) is 19.2. The number of carbonyl (C=O) groups is 1. The summed E-state index contributed by atoms with van der Waals surface area (Å²) in [6, 6.07) is 3.53. The molecule has 3 aromatic rings. The average Bonchev–Trinajstić information content (AvgIpc) is 2.86. The highest BCUT2D eigenvalue weighted by molar-refractivity contribution is 6.32. The van der Waals surface area contributed by atoms with Crippen LogP contribution in [0.15, 0.2) is 18.2 Å². The van der Waals surface area contributed by atoms with Crippen LogP contribution in [-0.4, -0.2) is 31.3 Å². The lowest BCUT2D eigenvalue weighted by atomic mass is 10.1. The van der Waals surface area contributed by atoms with E-state index in [4.69, 9.17) is 23.2 Å². The lowest BCUT2D eigenvalue weighted by Crippen LogP contribution is -2.34. The maximum atomic E-state index is 13.5. The van der Waals surface area contributed by atoms with Gasteiger partial charge in [-0.15, -0.1) is 0 Å². The summed E-state index contributed by atoms with van der Waals surface area (Å²) in [7, 11) is 1.48. The molecule has 0 fully saturated rings. The van der Waals surface area contributed by atoms with Crippen LogP contribution in [0.3, 0.4) is 0 Å². The third-order valence-corrected chi connectivity index (χ3v) is 4.01. The smallest absolute Gasteiger partial charge is 0.277 e. The quantitative estimate of drug-likeness (QED) is 0.361. The fraction of sp³-hybridized carbons (Fsp3) is 0.200. The van der Waals surface area contributed by atoms with Crippen LogP contribution in [0.1, 0.15) is 11.3 Å². The van der Waals surface area contributed by atoms with Gasteiger partial charge in [-0.05, 0) is 13.0 Å². The standard InChI is InChI=1S/C15H12Cl2F3N7O/c1-7-13-9(15(18,19)20)5-12(22-14(13)26(2)23-7)25-27(6-28)24-8-3-10(16)21-11(17)4-8/h3-6H,1-2H3,(H,21,24)(H,22,25). The van der Waals surface area contributed by atoms with Gasteiger partial charge in [0.05, 0.1) is 22.3 Å². The predicted octanol–water partition coefficient (Wildman–Crippen LogP) is 3.81. The van der Waals surface area contributed by atoms with Crippen molar-refractivity contribution in [3.63, 3.8) is 0 Å². The number of carbonyl (C=O) groups excluding carboxylic acids is 1. The lowest BCUT2D eigenvalue weighted by Gasteiger charge is -2.21. The number of amides is 1. The number of fused-ring (bicyclic) bond motifs is 1. The van der Waals surface area contributed by atoms with E-state index in [2.05, 4.69) is 25.9 Å². The number of nitrogens with zero attached hydrogens (tertiary/aromatic N) is 5. The van der Waals surface area contributed by atoms with Crippen LogP contribution >= 0.6 is 23.2 Å². The molecule has 28 heavy (non-hydrogen) atoms. The Bertz CT molecular complexity index is 1030. The van der Waals surface area contributed by atoms with Crippen molar-refractivity contribution in [3.8, 4) is 0 Å². The lowest BCUT2D eigenvalue weighted by molar-refractivity contribution is -0.136. The van der Waals surface area contributed by atoms with Crippen molar-refractivity contribution in [1.82, 2.24) is 24.9 Å². The van der Waals surface area contributed by atoms with Gasteiger partial charge in [0.25, 0.3) is 0 Å². The number of aryl methyl sites for hydroxylation is 2. The molecule has 3 aromatic heterocycles. The molecule has 0 aromatic carbocycles. The van der Waals surface area contributed by atoms with Crippen molar-refractivity contribution < 1.29 is 18.0 Å². The molecule has 3 rings (SSSR count). The molecule has 0 bridgehead atoms. The van der Waals surface area contributed by atoms with Gasteiger partial charge >= 0.3 is 6.18 Å². The van der Waals surface area contributed by atoms with E-state index in [9.17, 15) is 18.0 Å². The second-order valence-electron chi connectivity index (χ2n) is 5.66. The second-order valence-corrected chi connectivity index (χ2v) is 6.44. The van der Waals surface area contributed by atoms with E-state index in [0.29, 0.717) is 6.41 Å². The van der Waals surface area contributed by atoms with E-state index >= 15 is 0 Å². The van der Waals surface area contributed by atoms with Gasteiger partial charge in [0.15, 0.2) is 5.65 Å². The van der Waals surface area contributed by atoms with Crippen LogP contribution in [0.2, 0.25) is 10.3 Å². The molecule has 0 aliphatic rings. The average molecular weight is 434 g/mol. The van der Waals surface area contributed by atoms with E-state index in [0.717, 1.165) is 11.2 Å². The molecule has 3 heterocycles. The highest BCUT2D eigenvalue weighted by atomic mass is 35.5. The first-order chi connectivity index (χ1) is 13.1. The first-order valence-electron chi connectivity index (χ1n) is 7.61. The van der Waals surface area contributed by atoms with Gasteiger partial charge in [-0.2, -0.15) is 23.4 Å². The molecule has 2 N–H and O–H groups in total. The minimum Gasteiger partial charge on any atom is -0.277 e. The Morgan fingerprint density at radius 2 is 1.79 bits per heavy atom. The molecule has 148 valence electrons. The maximum Gasteiger partial charge on any atom is 0.417 e. The molecular weight excluding hydrogens is 422 g/mol. The van der Waals surface area contributed by atoms with Crippen molar-refractivity contribution in [3.05, 3.63) is 39.8 Å². The fourth-order valence-electron chi connectivity index (χ4n) is 2.60. The SMILES string of the molecule is Cc1nn(C)c2nc(NN(C=O)Nc3cc(Cl)nc(Cl)c3)cc(C(F)(F)F)c12. The highest BCUT2D eigenvalue weighted by Crippen LogP contribution is 2.37. The Kier molecular flexibility index (Phi) is 5.22. The molecule has 0 radical (unpaired) electrons. The molecule has 13 heteroatoms. The van der Waals surface area contributed by atoms with Crippen LogP contribution in [-0.2, 0) is 18.0 Å². The molecule has 0 aliphatic carbocycles. The third-order valence-electron chi connectivity index (χ3n) is 3.63. The summed E-state index contributed by atoms with van der Waals surface area (Å²) in [5, 5.41) is 4.76. The normalized spacial score (nSPS) is 11.5. The summed E-state index contributed by atoms with van der Waals surface area (Å²) >= 11 is 11.6. The first-order valence-corrected chi connectivity index (χ1v) is 8.36. The van der Waals surface area contributed by atoms with Gasteiger partial charge < -0.3 is 0 Å². The Balaban J connectivity index is 1.98. The first kappa shape index (κ1) is 20.0. The highest BCUT2D eigenvalue weighted by Gasteiger charge is 2.35. The number of hydrazine groups is 2. The monoisotopic (exact) mass is 433 g/mol. The Morgan fingerprint density at radius 1 is 1.14 bits per heavy atom. The minimum absolute atomic E-state index is 0.00988. The zero-order valence-electron chi connectivity index (χ0n) is 14.3. The molecular formula is C15H12Cl2F3N7O. The van der Waals surface area contributed by atoms with Crippen LogP contribution in [0.5, 0.6) is 0 Å². The van der Waals surface area contributed by atoms with Gasteiger partial charge in [-0.1, -0.05) is 23.2 Å². The van der Waals surface area contributed by atoms with Crippen molar-refractivity contribution >= 4 is 52.2 Å². The number of alkyl halides is 3. The molecule has 8 nitrogen and oxygen atoms in total. The van der Waals surface area contributed by atoms with Gasteiger partial charge in [-0.25, -0.2) is 9.97 Å². The van der Waals surface area contributed by atoms with E-state index in [-0.39, 0.29) is 38.5 Å². The number of halogens is 5. The summed E-state index contributed by atoms with van der Waals surface area (Å²) < 4.78 is 41.8. The molecule has 0 aliphatic heterocycles. The van der Waals surface area contributed by atoms with Gasteiger partial charge in [0.2, 0.25) is 6.41 Å². The molecule has 0 atom stereocenters. The zero-order valence-corrected chi connectivity index (χ0v) is 15.9. The molecule has 0 spiro atoms. The number of hydrogen-bond donors (Lipinski definition) is 2. The summed E-state index contributed by atoms with van der Waals surface area (Å²) in [5.41, 5.74) is 4.59. The largest absolute Gasteiger partial charge is 0.417 e. The van der Waals surface area contributed by atoms with Crippen LogP contribution in [0.4, 0.5) is 24.7 Å². The maximum absolute atomic E-state index is 13.5. The topological polar surface area (TPSA) is 88.0 Å². The van der Waals surface area contributed by atoms with Gasteiger partial charge in [-0.3, -0.25) is 20.3 Å². The predicted molar refractivity (Wildman–Crippen MR) is 97.7 cm³/mol. The Labute approximate surface area is 166 Å². The van der Waals surface area contributed by atoms with E-state index in [1.807, 2.05) is 0 Å². The third kappa shape index (κ3) is 4.04. The van der Waals surface area contributed by atoms with Crippen LogP contribution in [0.25, 0.3) is 11.0 Å². The summed E-state index contributed by atoms with van der Waals surface area (Å²) in [6.45, 7) is 1.46. The molecule has 1 amide bonds. The van der Waals surface area contributed by atoms with Crippen LogP contribution < -0.4 is 10.9 Å². The van der Waals surface area contributed by atoms with Crippen molar-refractivity contribution in [1.29, 1.82) is 0 Å². The zero-order chi connectivity index (χ0) is 20.6. The number of aromatic nitrogens is 4.